The Bertz CT molecular complexity index is 676. The van der Waals surface area contributed by atoms with Crippen LogP contribution in [-0.2, 0) is 11.2 Å². The Morgan fingerprint density at radius 1 is 1.32 bits per heavy atom. The molecule has 25 heavy (non-hydrogen) atoms. The summed E-state index contributed by atoms with van der Waals surface area (Å²) in [5, 5.41) is 3.26. The summed E-state index contributed by atoms with van der Waals surface area (Å²) >= 11 is 0. The number of carbonyl (C=O) groups is 1. The summed E-state index contributed by atoms with van der Waals surface area (Å²) in [5.74, 6) is 1.43. The van der Waals surface area contributed by atoms with Crippen molar-refractivity contribution in [3.8, 4) is 11.5 Å². The molecule has 1 amide bonds. The molecule has 2 heterocycles. The molecule has 1 N–H and O–H groups in total. The van der Waals surface area contributed by atoms with Crippen LogP contribution in [0.3, 0.4) is 0 Å². The number of carbonyl (C=O) groups excluding carboxylic acids is 1. The fraction of sp³-hybridized carbons (Fsp3) is 0.444. The van der Waals surface area contributed by atoms with Gasteiger partial charge in [0.1, 0.15) is 5.76 Å². The zero-order chi connectivity index (χ0) is 16.2. The smallest absolute Gasteiger partial charge is 0.228 e. The van der Waals surface area contributed by atoms with E-state index in [1.165, 1.54) is 0 Å². The average molecular weight is 386 g/mol. The highest BCUT2D eigenvalue weighted by Gasteiger charge is 2.24. The third kappa shape index (κ3) is 5.21. The van der Waals surface area contributed by atoms with Gasteiger partial charge in [0.2, 0.25) is 11.8 Å². The molecule has 0 bridgehead atoms. The fourth-order valence-corrected chi connectivity index (χ4v) is 2.99. The summed E-state index contributed by atoms with van der Waals surface area (Å²) in [5.41, 5.74) is 1.67. The van der Waals surface area contributed by atoms with E-state index in [0.29, 0.717) is 18.4 Å². The molecule has 0 saturated carbocycles. The van der Waals surface area contributed by atoms with Crippen LogP contribution in [0.25, 0.3) is 11.5 Å². The van der Waals surface area contributed by atoms with Gasteiger partial charge in [-0.25, -0.2) is 4.98 Å². The summed E-state index contributed by atoms with van der Waals surface area (Å²) < 4.78 is 5.74. The van der Waals surface area contributed by atoms with Crippen molar-refractivity contribution in [2.24, 2.45) is 0 Å². The van der Waals surface area contributed by atoms with E-state index in [1.54, 1.807) is 0 Å². The summed E-state index contributed by atoms with van der Waals surface area (Å²) in [4.78, 5) is 19.0. The Kier molecular flexibility index (Phi) is 8.42. The lowest BCUT2D eigenvalue weighted by molar-refractivity contribution is -0.131. The third-order valence-corrected chi connectivity index (χ3v) is 4.41. The Hall–Kier alpha value is -1.56. The van der Waals surface area contributed by atoms with Gasteiger partial charge in [0, 0.05) is 24.7 Å². The summed E-state index contributed by atoms with van der Waals surface area (Å²) in [6, 6.07) is 10.2. The molecule has 1 aromatic carbocycles. The lowest BCUT2D eigenvalue weighted by Gasteiger charge is -2.32. The number of amides is 1. The molecule has 5 nitrogen and oxygen atoms in total. The zero-order valence-corrected chi connectivity index (χ0v) is 16.2. The number of aromatic nitrogens is 1. The highest BCUT2D eigenvalue weighted by molar-refractivity contribution is 5.85. The first kappa shape index (κ1) is 21.5. The van der Waals surface area contributed by atoms with Crippen molar-refractivity contribution in [1.29, 1.82) is 0 Å². The van der Waals surface area contributed by atoms with E-state index in [4.69, 9.17) is 4.42 Å². The second-order valence-electron chi connectivity index (χ2n) is 6.03. The van der Waals surface area contributed by atoms with Crippen molar-refractivity contribution in [3.63, 3.8) is 0 Å². The van der Waals surface area contributed by atoms with Crippen LogP contribution in [-0.4, -0.2) is 42.0 Å². The van der Waals surface area contributed by atoms with Gasteiger partial charge in [-0.3, -0.25) is 4.79 Å². The van der Waals surface area contributed by atoms with Crippen molar-refractivity contribution in [3.05, 3.63) is 41.8 Å². The minimum absolute atomic E-state index is 0. The van der Waals surface area contributed by atoms with E-state index < -0.39 is 0 Å². The second kappa shape index (κ2) is 9.80. The Labute approximate surface area is 161 Å². The topological polar surface area (TPSA) is 58.4 Å². The molecule has 7 heteroatoms. The molecule has 0 spiro atoms. The van der Waals surface area contributed by atoms with Crippen LogP contribution >= 0.6 is 24.8 Å². The van der Waals surface area contributed by atoms with Crippen molar-refractivity contribution < 1.29 is 9.21 Å². The van der Waals surface area contributed by atoms with Crippen molar-refractivity contribution in [1.82, 2.24) is 15.2 Å². The number of likely N-dealkylation sites (tertiary alicyclic amines) is 1. The molecule has 0 radical (unpaired) electrons. The van der Waals surface area contributed by atoms with Gasteiger partial charge < -0.3 is 14.6 Å². The first-order valence-electron chi connectivity index (χ1n) is 8.14. The first-order valence-corrected chi connectivity index (χ1v) is 8.14. The molecule has 1 aliphatic rings. The van der Waals surface area contributed by atoms with Crippen LogP contribution in [0.2, 0.25) is 0 Å². The molecular formula is C18H25Cl2N3O2. The number of aryl methyl sites for hydroxylation is 1. The summed E-state index contributed by atoms with van der Waals surface area (Å²) in [6.45, 7) is 3.48. The van der Waals surface area contributed by atoms with E-state index in [1.807, 2.05) is 49.2 Å². The van der Waals surface area contributed by atoms with Crippen LogP contribution in [0, 0.1) is 6.92 Å². The van der Waals surface area contributed by atoms with Gasteiger partial charge in [0.05, 0.1) is 12.1 Å². The standard InChI is InChI=1S/C18H23N3O2.2ClH/c1-13-16(20-18(23-13)14-7-4-3-5-8-14)11-17(22)21-10-6-9-15(12-21)19-2;;/h3-5,7-8,15,19H,6,9-12H2,1-2H3;2*1H. The summed E-state index contributed by atoms with van der Waals surface area (Å²) in [6.07, 6.45) is 2.48. The lowest BCUT2D eigenvalue weighted by Crippen LogP contribution is -2.47. The van der Waals surface area contributed by atoms with Gasteiger partial charge in [-0.15, -0.1) is 24.8 Å². The second-order valence-corrected chi connectivity index (χ2v) is 6.03. The molecule has 1 aromatic heterocycles. The van der Waals surface area contributed by atoms with Gasteiger partial charge >= 0.3 is 0 Å². The van der Waals surface area contributed by atoms with E-state index in [2.05, 4.69) is 10.3 Å². The predicted molar refractivity (Wildman–Crippen MR) is 104 cm³/mol. The molecule has 1 unspecified atom stereocenters. The molecule has 1 saturated heterocycles. The molecule has 0 aliphatic carbocycles. The van der Waals surface area contributed by atoms with Crippen molar-refractivity contribution in [2.45, 2.75) is 32.2 Å². The van der Waals surface area contributed by atoms with Gasteiger partial charge in [-0.2, -0.15) is 0 Å². The number of halogens is 2. The maximum absolute atomic E-state index is 12.5. The molecular weight excluding hydrogens is 361 g/mol. The SMILES string of the molecule is CNC1CCCN(C(=O)Cc2nc(-c3ccccc3)oc2C)C1.Cl.Cl. The number of benzene rings is 1. The minimum Gasteiger partial charge on any atom is -0.441 e. The number of piperidine rings is 1. The number of hydrogen-bond acceptors (Lipinski definition) is 4. The summed E-state index contributed by atoms with van der Waals surface area (Å²) in [7, 11) is 1.95. The van der Waals surface area contributed by atoms with Crippen LogP contribution in [0.5, 0.6) is 0 Å². The maximum Gasteiger partial charge on any atom is 0.228 e. The lowest BCUT2D eigenvalue weighted by atomic mass is 10.1. The zero-order valence-electron chi connectivity index (χ0n) is 14.5. The molecule has 1 aliphatic heterocycles. The number of rotatable bonds is 4. The highest BCUT2D eigenvalue weighted by atomic mass is 35.5. The van der Waals surface area contributed by atoms with E-state index >= 15 is 0 Å². The monoisotopic (exact) mass is 385 g/mol. The largest absolute Gasteiger partial charge is 0.441 e. The number of nitrogens with zero attached hydrogens (tertiary/aromatic N) is 2. The van der Waals surface area contributed by atoms with Crippen molar-refractivity contribution in [2.75, 3.05) is 20.1 Å². The van der Waals surface area contributed by atoms with Crippen LogP contribution in [0.1, 0.15) is 24.3 Å². The van der Waals surface area contributed by atoms with Gasteiger partial charge in [0.15, 0.2) is 0 Å². The average Bonchev–Trinajstić information content (AvgIpc) is 2.96. The maximum atomic E-state index is 12.5. The van der Waals surface area contributed by atoms with Gasteiger partial charge in [-0.05, 0) is 38.9 Å². The third-order valence-electron chi connectivity index (χ3n) is 4.41. The Balaban J connectivity index is 0.00000156. The molecule has 1 fully saturated rings. The molecule has 3 rings (SSSR count). The molecule has 1 atom stereocenters. The highest BCUT2D eigenvalue weighted by Crippen LogP contribution is 2.22. The van der Waals surface area contributed by atoms with E-state index in [-0.39, 0.29) is 30.7 Å². The number of oxazole rings is 1. The number of hydrogen-bond donors (Lipinski definition) is 1. The normalized spacial score (nSPS) is 16.7. The number of likely N-dealkylation sites (N-methyl/N-ethyl adjacent to an activating group) is 1. The Morgan fingerprint density at radius 2 is 2.04 bits per heavy atom. The van der Waals surface area contributed by atoms with Gasteiger partial charge in [-0.1, -0.05) is 18.2 Å². The van der Waals surface area contributed by atoms with Gasteiger partial charge in [0.25, 0.3) is 0 Å². The van der Waals surface area contributed by atoms with Crippen LogP contribution in [0.4, 0.5) is 0 Å². The minimum atomic E-state index is 0. The van der Waals surface area contributed by atoms with Crippen molar-refractivity contribution >= 4 is 30.7 Å². The molecule has 138 valence electrons. The number of nitrogens with one attached hydrogen (secondary N) is 1. The van der Waals surface area contributed by atoms with Crippen LogP contribution < -0.4 is 5.32 Å². The van der Waals surface area contributed by atoms with Crippen LogP contribution in [0.15, 0.2) is 34.7 Å². The van der Waals surface area contributed by atoms with E-state index in [9.17, 15) is 4.79 Å². The quantitative estimate of drug-likeness (QED) is 0.877. The first-order chi connectivity index (χ1) is 11.2. The Morgan fingerprint density at radius 3 is 2.72 bits per heavy atom. The van der Waals surface area contributed by atoms with E-state index in [0.717, 1.165) is 42.9 Å². The molecule has 2 aromatic rings. The fourth-order valence-electron chi connectivity index (χ4n) is 2.99. The predicted octanol–water partition coefficient (Wildman–Crippen LogP) is 3.25.